The fourth-order valence-corrected chi connectivity index (χ4v) is 2.47. The molecule has 3 heteroatoms. The normalized spacial score (nSPS) is 13.8. The number of rotatable bonds is 4. The van der Waals surface area contributed by atoms with Crippen LogP contribution in [0.4, 0.5) is 4.39 Å². The molecule has 0 bridgehead atoms. The van der Waals surface area contributed by atoms with Crippen LogP contribution in [-0.4, -0.2) is 12.2 Å². The number of ether oxygens (including phenoxy) is 1. The molecule has 0 aromatic heterocycles. The lowest BCUT2D eigenvalue weighted by molar-refractivity contribution is 0.0697. The van der Waals surface area contributed by atoms with Gasteiger partial charge in [-0.1, -0.05) is 36.8 Å². The van der Waals surface area contributed by atoms with Crippen molar-refractivity contribution in [2.24, 2.45) is 0 Å². The Bertz CT molecular complexity index is 610. The predicted molar refractivity (Wildman–Crippen MR) is 77.4 cm³/mol. The van der Waals surface area contributed by atoms with Crippen LogP contribution in [-0.2, 0) is 5.60 Å². The summed E-state index contributed by atoms with van der Waals surface area (Å²) in [5.41, 5.74) is 0.450. The zero-order valence-corrected chi connectivity index (χ0v) is 12.0. The summed E-state index contributed by atoms with van der Waals surface area (Å²) < 4.78 is 19.4. The highest BCUT2D eigenvalue weighted by molar-refractivity contribution is 5.46. The highest BCUT2D eigenvalue weighted by Crippen LogP contribution is 2.39. The summed E-state index contributed by atoms with van der Waals surface area (Å²) in [6.07, 6.45) is 0.355. The van der Waals surface area contributed by atoms with Gasteiger partial charge >= 0.3 is 0 Å². The first-order valence-electron chi connectivity index (χ1n) is 6.65. The third kappa shape index (κ3) is 2.41. The van der Waals surface area contributed by atoms with E-state index in [1.165, 1.54) is 6.07 Å². The zero-order chi connectivity index (χ0) is 14.8. The molecule has 0 fully saturated rings. The van der Waals surface area contributed by atoms with E-state index in [1.807, 2.05) is 26.0 Å². The van der Waals surface area contributed by atoms with Gasteiger partial charge in [-0.25, -0.2) is 4.39 Å². The van der Waals surface area contributed by atoms with Gasteiger partial charge in [-0.3, -0.25) is 0 Å². The number of benzene rings is 2. The highest BCUT2D eigenvalue weighted by atomic mass is 19.1. The van der Waals surface area contributed by atoms with Crippen LogP contribution in [0.25, 0.3) is 0 Å². The average molecular weight is 274 g/mol. The lowest BCUT2D eigenvalue weighted by atomic mass is 9.82. The summed E-state index contributed by atoms with van der Waals surface area (Å²) in [6.45, 7) is 3.76. The quantitative estimate of drug-likeness (QED) is 0.919. The third-order valence-electron chi connectivity index (χ3n) is 3.63. The Labute approximate surface area is 118 Å². The second-order valence-electron chi connectivity index (χ2n) is 4.90. The van der Waals surface area contributed by atoms with Gasteiger partial charge in [0.25, 0.3) is 0 Å². The van der Waals surface area contributed by atoms with E-state index in [0.717, 1.165) is 5.56 Å². The Morgan fingerprint density at radius 3 is 2.45 bits per heavy atom. The first-order chi connectivity index (χ1) is 9.52. The van der Waals surface area contributed by atoms with Crippen LogP contribution in [0.2, 0.25) is 0 Å². The van der Waals surface area contributed by atoms with Crippen molar-refractivity contribution in [3.8, 4) is 5.75 Å². The van der Waals surface area contributed by atoms with Gasteiger partial charge < -0.3 is 9.84 Å². The number of halogens is 1. The molecular formula is C17H19FO2. The van der Waals surface area contributed by atoms with Crippen LogP contribution >= 0.6 is 0 Å². The second-order valence-corrected chi connectivity index (χ2v) is 4.90. The zero-order valence-electron chi connectivity index (χ0n) is 12.0. The molecule has 106 valence electrons. The molecule has 2 aromatic rings. The topological polar surface area (TPSA) is 29.5 Å². The molecule has 0 aliphatic rings. The molecule has 2 aromatic carbocycles. The molecule has 0 amide bonds. The Kier molecular flexibility index (Phi) is 4.09. The van der Waals surface area contributed by atoms with E-state index in [1.54, 1.807) is 31.4 Å². The summed E-state index contributed by atoms with van der Waals surface area (Å²) >= 11 is 0. The van der Waals surface area contributed by atoms with Gasteiger partial charge in [0.2, 0.25) is 0 Å². The fourth-order valence-electron chi connectivity index (χ4n) is 2.47. The molecule has 0 heterocycles. The van der Waals surface area contributed by atoms with Gasteiger partial charge in [0, 0.05) is 11.1 Å². The first kappa shape index (κ1) is 14.5. The van der Waals surface area contributed by atoms with Crippen LogP contribution in [0.1, 0.15) is 30.0 Å². The molecule has 0 spiro atoms. The molecule has 1 unspecified atom stereocenters. The molecular weight excluding hydrogens is 255 g/mol. The van der Waals surface area contributed by atoms with E-state index in [4.69, 9.17) is 4.74 Å². The van der Waals surface area contributed by atoms with E-state index < -0.39 is 11.4 Å². The van der Waals surface area contributed by atoms with Crippen LogP contribution in [0, 0.1) is 12.7 Å². The minimum atomic E-state index is -1.40. The lowest BCUT2D eigenvalue weighted by Gasteiger charge is -2.30. The van der Waals surface area contributed by atoms with E-state index in [0.29, 0.717) is 17.7 Å². The minimum Gasteiger partial charge on any atom is -0.496 e. The third-order valence-corrected chi connectivity index (χ3v) is 3.63. The van der Waals surface area contributed by atoms with Crippen molar-refractivity contribution in [1.29, 1.82) is 0 Å². The van der Waals surface area contributed by atoms with Gasteiger partial charge in [-0.15, -0.1) is 0 Å². The van der Waals surface area contributed by atoms with Gasteiger partial charge in [0.1, 0.15) is 17.2 Å². The van der Waals surface area contributed by atoms with E-state index in [2.05, 4.69) is 0 Å². The Balaban J connectivity index is 2.68. The minimum absolute atomic E-state index is 0.270. The molecule has 2 rings (SSSR count). The second kappa shape index (κ2) is 5.63. The van der Waals surface area contributed by atoms with Crippen molar-refractivity contribution in [3.05, 3.63) is 65.0 Å². The van der Waals surface area contributed by atoms with E-state index in [-0.39, 0.29) is 5.56 Å². The van der Waals surface area contributed by atoms with Crippen molar-refractivity contribution in [1.82, 2.24) is 0 Å². The SMILES string of the molecule is CCC(O)(c1ccccc1F)c1cc(C)ccc1OC. The molecule has 0 radical (unpaired) electrons. The summed E-state index contributed by atoms with van der Waals surface area (Å²) in [7, 11) is 1.55. The fraction of sp³-hybridized carbons (Fsp3) is 0.294. The van der Waals surface area contributed by atoms with Gasteiger partial charge in [-0.05, 0) is 31.5 Å². The Morgan fingerprint density at radius 2 is 1.85 bits per heavy atom. The number of aryl methyl sites for hydroxylation is 1. The smallest absolute Gasteiger partial charge is 0.129 e. The van der Waals surface area contributed by atoms with Crippen molar-refractivity contribution >= 4 is 0 Å². The summed E-state index contributed by atoms with van der Waals surface area (Å²) in [4.78, 5) is 0. The standard InChI is InChI=1S/C17H19FO2/c1-4-17(19,13-7-5-6-8-15(13)18)14-11-12(2)9-10-16(14)20-3/h5-11,19H,4H2,1-3H3. The van der Waals surface area contributed by atoms with Crippen molar-refractivity contribution in [3.63, 3.8) is 0 Å². The van der Waals surface area contributed by atoms with Crippen molar-refractivity contribution < 1.29 is 14.2 Å². The summed E-state index contributed by atoms with van der Waals surface area (Å²) in [5.74, 6) is 0.142. The van der Waals surface area contributed by atoms with Crippen LogP contribution in [0.3, 0.4) is 0 Å². The van der Waals surface area contributed by atoms with Crippen LogP contribution in [0.15, 0.2) is 42.5 Å². The number of hydrogen-bond donors (Lipinski definition) is 1. The van der Waals surface area contributed by atoms with Gasteiger partial charge in [-0.2, -0.15) is 0 Å². The average Bonchev–Trinajstić information content (AvgIpc) is 2.47. The van der Waals surface area contributed by atoms with E-state index in [9.17, 15) is 9.50 Å². The van der Waals surface area contributed by atoms with Crippen molar-refractivity contribution in [2.45, 2.75) is 25.9 Å². The number of methoxy groups -OCH3 is 1. The first-order valence-corrected chi connectivity index (χ1v) is 6.65. The lowest BCUT2D eigenvalue weighted by Crippen LogP contribution is -2.28. The largest absolute Gasteiger partial charge is 0.496 e. The Hall–Kier alpha value is -1.87. The van der Waals surface area contributed by atoms with Gasteiger partial charge in [0.15, 0.2) is 0 Å². The van der Waals surface area contributed by atoms with Gasteiger partial charge in [0.05, 0.1) is 7.11 Å². The summed E-state index contributed by atoms with van der Waals surface area (Å²) in [6, 6.07) is 11.9. The Morgan fingerprint density at radius 1 is 1.15 bits per heavy atom. The van der Waals surface area contributed by atoms with Crippen LogP contribution in [0.5, 0.6) is 5.75 Å². The number of aliphatic hydroxyl groups is 1. The molecule has 1 N–H and O–H groups in total. The van der Waals surface area contributed by atoms with Crippen LogP contribution < -0.4 is 4.74 Å². The molecule has 0 saturated carbocycles. The predicted octanol–water partition coefficient (Wildman–Crippen LogP) is 3.79. The van der Waals surface area contributed by atoms with E-state index >= 15 is 0 Å². The molecule has 2 nitrogen and oxygen atoms in total. The maximum absolute atomic E-state index is 14.1. The molecule has 0 aliphatic carbocycles. The summed E-state index contributed by atoms with van der Waals surface area (Å²) in [5, 5.41) is 11.1. The monoisotopic (exact) mass is 274 g/mol. The maximum atomic E-state index is 14.1. The highest BCUT2D eigenvalue weighted by Gasteiger charge is 2.34. The molecule has 1 atom stereocenters. The number of hydrogen-bond acceptors (Lipinski definition) is 2. The molecule has 0 saturated heterocycles. The molecule has 20 heavy (non-hydrogen) atoms. The van der Waals surface area contributed by atoms with Crippen molar-refractivity contribution in [2.75, 3.05) is 7.11 Å². The maximum Gasteiger partial charge on any atom is 0.129 e. The molecule has 0 aliphatic heterocycles.